The second kappa shape index (κ2) is 11.9. The van der Waals surface area contributed by atoms with Crippen molar-refractivity contribution in [3.05, 3.63) is 47.5 Å². The maximum atomic E-state index is 6.13. The molecule has 0 N–H and O–H groups in total. The van der Waals surface area contributed by atoms with Crippen LogP contribution >= 0.6 is 11.6 Å². The van der Waals surface area contributed by atoms with Gasteiger partial charge in [-0.2, -0.15) is 0 Å². The van der Waals surface area contributed by atoms with Crippen molar-refractivity contribution in [3.8, 4) is 0 Å². The fourth-order valence-corrected chi connectivity index (χ4v) is 6.34. The second-order valence-electron chi connectivity index (χ2n) is 10.4. The van der Waals surface area contributed by atoms with Crippen LogP contribution in [0.5, 0.6) is 0 Å². The lowest BCUT2D eigenvalue weighted by molar-refractivity contribution is -0.230. The molecule has 1 aliphatic heterocycles. The normalized spacial score (nSPS) is 34.4. The van der Waals surface area contributed by atoms with E-state index >= 15 is 0 Å². The summed E-state index contributed by atoms with van der Waals surface area (Å²) in [6.07, 6.45) is 17.9. The van der Waals surface area contributed by atoms with E-state index in [0.717, 1.165) is 48.8 Å². The van der Waals surface area contributed by atoms with E-state index in [1.807, 2.05) is 18.2 Å². The van der Waals surface area contributed by atoms with Gasteiger partial charge in [0, 0.05) is 16.9 Å². The zero-order chi connectivity index (χ0) is 21.5. The third kappa shape index (κ3) is 6.83. The van der Waals surface area contributed by atoms with Gasteiger partial charge in [-0.05, 0) is 99.7 Å². The molecule has 0 spiro atoms. The molecule has 3 aliphatic rings. The van der Waals surface area contributed by atoms with E-state index in [1.165, 1.54) is 69.8 Å². The highest BCUT2D eigenvalue weighted by atomic mass is 35.5. The van der Waals surface area contributed by atoms with Crippen LogP contribution in [0, 0.1) is 29.6 Å². The van der Waals surface area contributed by atoms with E-state index in [-0.39, 0.29) is 6.29 Å². The molecule has 0 bridgehead atoms. The number of halogens is 1. The molecule has 3 heteroatoms. The minimum Gasteiger partial charge on any atom is -0.352 e. The van der Waals surface area contributed by atoms with Crippen LogP contribution in [0.1, 0.15) is 76.2 Å². The molecule has 0 amide bonds. The van der Waals surface area contributed by atoms with E-state index in [9.17, 15) is 0 Å². The Morgan fingerprint density at radius 2 is 1.35 bits per heavy atom. The lowest BCUT2D eigenvalue weighted by atomic mass is 9.68. The van der Waals surface area contributed by atoms with Gasteiger partial charge in [-0.25, -0.2) is 0 Å². The van der Waals surface area contributed by atoms with Crippen LogP contribution in [0.2, 0.25) is 5.02 Å². The molecule has 2 saturated carbocycles. The van der Waals surface area contributed by atoms with Crippen molar-refractivity contribution in [1.29, 1.82) is 0 Å². The van der Waals surface area contributed by atoms with Crippen molar-refractivity contribution in [2.75, 3.05) is 13.2 Å². The lowest BCUT2D eigenvalue weighted by Gasteiger charge is -2.41. The number of hydrogen-bond donors (Lipinski definition) is 0. The van der Waals surface area contributed by atoms with Crippen LogP contribution in [-0.2, 0) is 15.9 Å². The molecule has 2 aliphatic carbocycles. The zero-order valence-corrected chi connectivity index (χ0v) is 19.9. The third-order valence-corrected chi connectivity index (χ3v) is 8.54. The fraction of sp³-hybridized carbons (Fsp3) is 0.714. The second-order valence-corrected chi connectivity index (χ2v) is 10.8. The van der Waals surface area contributed by atoms with Crippen molar-refractivity contribution < 1.29 is 9.47 Å². The van der Waals surface area contributed by atoms with Crippen molar-refractivity contribution in [3.63, 3.8) is 0 Å². The Kier molecular flexibility index (Phi) is 8.93. The molecule has 1 aromatic carbocycles. The van der Waals surface area contributed by atoms with Crippen molar-refractivity contribution >= 4 is 11.6 Å². The SMILES string of the molecule is C=CCC[C@H]1CO[C@H]([C@H]2CC[C@H]([C@H]3CC[C@H](CCc4ccc(Cl)cc4)CC3)CC2)OC1. The van der Waals surface area contributed by atoms with E-state index in [4.69, 9.17) is 21.1 Å². The Morgan fingerprint density at radius 3 is 1.97 bits per heavy atom. The Balaban J connectivity index is 1.12. The number of allylic oxidation sites excluding steroid dienone is 1. The Bertz CT molecular complexity index is 648. The molecule has 0 unspecified atom stereocenters. The monoisotopic (exact) mass is 444 g/mol. The van der Waals surface area contributed by atoms with Gasteiger partial charge in [0.2, 0.25) is 0 Å². The number of aryl methyl sites for hydroxylation is 1. The smallest absolute Gasteiger partial charge is 0.160 e. The minimum atomic E-state index is 0.0598. The van der Waals surface area contributed by atoms with Gasteiger partial charge in [0.05, 0.1) is 13.2 Å². The lowest BCUT2D eigenvalue weighted by Crippen LogP contribution is -2.39. The first-order valence-corrected chi connectivity index (χ1v) is 13.2. The molecule has 1 heterocycles. The van der Waals surface area contributed by atoms with Gasteiger partial charge >= 0.3 is 0 Å². The molecule has 2 nitrogen and oxygen atoms in total. The van der Waals surface area contributed by atoms with Crippen molar-refractivity contribution in [2.45, 2.75) is 83.3 Å². The molecule has 0 radical (unpaired) electrons. The fourth-order valence-electron chi connectivity index (χ4n) is 6.21. The van der Waals surface area contributed by atoms with Crippen LogP contribution in [0.15, 0.2) is 36.9 Å². The molecule has 4 rings (SSSR count). The summed E-state index contributed by atoms with van der Waals surface area (Å²) in [5.41, 5.74) is 1.43. The third-order valence-electron chi connectivity index (χ3n) is 8.29. The van der Waals surface area contributed by atoms with Gasteiger partial charge in [0.25, 0.3) is 0 Å². The van der Waals surface area contributed by atoms with Gasteiger partial charge < -0.3 is 9.47 Å². The molecule has 1 saturated heterocycles. The van der Waals surface area contributed by atoms with E-state index in [0.29, 0.717) is 11.8 Å². The summed E-state index contributed by atoms with van der Waals surface area (Å²) in [7, 11) is 0. The molecule has 1 aromatic rings. The first kappa shape index (κ1) is 23.3. The average molecular weight is 445 g/mol. The van der Waals surface area contributed by atoms with E-state index in [2.05, 4.69) is 18.7 Å². The minimum absolute atomic E-state index is 0.0598. The quantitative estimate of drug-likeness (QED) is 0.380. The molecule has 31 heavy (non-hydrogen) atoms. The van der Waals surface area contributed by atoms with Gasteiger partial charge in [-0.15, -0.1) is 6.58 Å². The first-order valence-electron chi connectivity index (χ1n) is 12.8. The van der Waals surface area contributed by atoms with Crippen molar-refractivity contribution in [2.24, 2.45) is 29.6 Å². The summed E-state index contributed by atoms with van der Waals surface area (Å²) in [6, 6.07) is 8.42. The van der Waals surface area contributed by atoms with Crippen LogP contribution in [0.25, 0.3) is 0 Å². The first-order chi connectivity index (χ1) is 15.2. The summed E-state index contributed by atoms with van der Waals surface area (Å²) >= 11 is 6.01. The summed E-state index contributed by atoms with van der Waals surface area (Å²) < 4.78 is 12.3. The highest BCUT2D eigenvalue weighted by molar-refractivity contribution is 6.30. The zero-order valence-electron chi connectivity index (χ0n) is 19.2. The standard InChI is InChI=1S/C28H41ClO2/c1-2-3-4-23-19-30-28(31-20-23)26-15-13-25(14-16-26)24-11-7-21(8-12-24)5-6-22-9-17-27(29)18-10-22/h2,9-10,17-18,21,23-26,28H,1,3-8,11-16,19-20H2/t21-,23-,24-,25-,26-,28-. The summed E-state index contributed by atoms with van der Waals surface area (Å²) in [5, 5.41) is 0.841. The van der Waals surface area contributed by atoms with Gasteiger partial charge in [-0.1, -0.05) is 42.7 Å². The average Bonchev–Trinajstić information content (AvgIpc) is 2.83. The van der Waals surface area contributed by atoms with Crippen LogP contribution < -0.4 is 0 Å². The van der Waals surface area contributed by atoms with Gasteiger partial charge in [0.1, 0.15) is 0 Å². The highest BCUT2D eigenvalue weighted by Gasteiger charge is 2.35. The molecular weight excluding hydrogens is 404 g/mol. The molecule has 0 atom stereocenters. The molecule has 0 aromatic heterocycles. The number of rotatable bonds is 8. The van der Waals surface area contributed by atoms with Gasteiger partial charge in [0.15, 0.2) is 6.29 Å². The topological polar surface area (TPSA) is 18.5 Å². The predicted molar refractivity (Wildman–Crippen MR) is 129 cm³/mol. The van der Waals surface area contributed by atoms with E-state index in [1.54, 1.807) is 0 Å². The maximum Gasteiger partial charge on any atom is 0.160 e. The Hall–Kier alpha value is -0.830. The number of ether oxygens (including phenoxy) is 2. The maximum absolute atomic E-state index is 6.13. The number of hydrogen-bond acceptors (Lipinski definition) is 2. The molecule has 172 valence electrons. The van der Waals surface area contributed by atoms with Crippen LogP contribution in [0.3, 0.4) is 0 Å². The largest absolute Gasteiger partial charge is 0.352 e. The molecular formula is C28H41ClO2. The number of benzene rings is 1. The summed E-state index contributed by atoms with van der Waals surface area (Å²) in [5.74, 6) is 4.00. The van der Waals surface area contributed by atoms with E-state index < -0.39 is 0 Å². The summed E-state index contributed by atoms with van der Waals surface area (Å²) in [4.78, 5) is 0. The molecule has 3 fully saturated rings. The van der Waals surface area contributed by atoms with Crippen LogP contribution in [0.4, 0.5) is 0 Å². The summed E-state index contributed by atoms with van der Waals surface area (Å²) in [6.45, 7) is 5.57. The van der Waals surface area contributed by atoms with Crippen LogP contribution in [-0.4, -0.2) is 19.5 Å². The Morgan fingerprint density at radius 1 is 0.774 bits per heavy atom. The van der Waals surface area contributed by atoms with Crippen molar-refractivity contribution in [1.82, 2.24) is 0 Å². The highest BCUT2D eigenvalue weighted by Crippen LogP contribution is 2.43. The Labute approximate surface area is 194 Å². The van der Waals surface area contributed by atoms with Gasteiger partial charge in [-0.3, -0.25) is 0 Å². The predicted octanol–water partition coefficient (Wildman–Crippen LogP) is 7.84.